The maximum Gasteiger partial charge on any atom is 0.325 e. The van der Waals surface area contributed by atoms with Gasteiger partial charge in [-0.1, -0.05) is 107 Å². The summed E-state index contributed by atoms with van der Waals surface area (Å²) in [6.07, 6.45) is 0. The van der Waals surface area contributed by atoms with Gasteiger partial charge in [-0.2, -0.15) is 0 Å². The Labute approximate surface area is 233 Å². The first kappa shape index (κ1) is 32.9. The van der Waals surface area contributed by atoms with Crippen LogP contribution in [0, 0.1) is 0 Å². The number of alkyl halides is 1. The van der Waals surface area contributed by atoms with E-state index in [2.05, 4.69) is 32.8 Å². The standard InChI is InChI=1S/C18H21NO3.C7H7Br.C4H9NO3/c1-22-18(21)17(14-20)19(12-15-8-4-2-5-9-15)13-16-10-6-3-7-11-16;8-6-7-4-2-1-3-5-7;1-8-4(7)3(5)2-6/h2-11,17,20H,12-14H2,1H3;1-5H,6H2;3,6H,2,5H2,1H3/t17-;;3-/m1.1/s1. The van der Waals surface area contributed by atoms with Crippen molar-refractivity contribution in [2.45, 2.75) is 30.5 Å². The third-order valence-electron chi connectivity index (χ3n) is 5.24. The van der Waals surface area contributed by atoms with Gasteiger partial charge in [0.2, 0.25) is 0 Å². The van der Waals surface area contributed by atoms with Gasteiger partial charge in [0.1, 0.15) is 12.1 Å². The minimum atomic E-state index is -0.889. The van der Waals surface area contributed by atoms with Crippen LogP contribution in [0.4, 0.5) is 0 Å². The van der Waals surface area contributed by atoms with Gasteiger partial charge in [0, 0.05) is 18.4 Å². The third kappa shape index (κ3) is 12.9. The number of ether oxygens (including phenoxy) is 2. The Balaban J connectivity index is 0.000000368. The Morgan fingerprint density at radius 1 is 0.737 bits per heavy atom. The number of benzene rings is 3. The molecule has 8 nitrogen and oxygen atoms in total. The van der Waals surface area contributed by atoms with E-state index in [1.54, 1.807) is 0 Å². The lowest BCUT2D eigenvalue weighted by Crippen LogP contribution is -2.43. The largest absolute Gasteiger partial charge is 0.468 e. The van der Waals surface area contributed by atoms with E-state index in [1.165, 1.54) is 19.8 Å². The second-order valence-electron chi connectivity index (χ2n) is 8.03. The van der Waals surface area contributed by atoms with Gasteiger partial charge in [0.05, 0.1) is 27.4 Å². The molecule has 3 rings (SSSR count). The van der Waals surface area contributed by atoms with E-state index >= 15 is 0 Å². The summed E-state index contributed by atoms with van der Waals surface area (Å²) in [5, 5.41) is 18.8. The third-order valence-corrected chi connectivity index (χ3v) is 5.89. The van der Waals surface area contributed by atoms with Crippen LogP contribution in [0.15, 0.2) is 91.0 Å². The lowest BCUT2D eigenvalue weighted by Gasteiger charge is -2.28. The number of methoxy groups -OCH3 is 2. The quantitative estimate of drug-likeness (QED) is 0.243. The Bertz CT molecular complexity index is 984. The molecule has 0 aromatic heterocycles. The molecule has 0 saturated heterocycles. The number of aliphatic hydroxyl groups is 2. The number of aliphatic hydroxyl groups excluding tert-OH is 2. The van der Waals surface area contributed by atoms with Crippen LogP contribution in [-0.2, 0) is 37.5 Å². The molecular formula is C29H37BrN2O6. The first-order valence-electron chi connectivity index (χ1n) is 11.9. The minimum absolute atomic E-state index is 0.271. The molecule has 3 aromatic rings. The van der Waals surface area contributed by atoms with Gasteiger partial charge in [-0.25, -0.2) is 0 Å². The van der Waals surface area contributed by atoms with Crippen LogP contribution in [0.25, 0.3) is 0 Å². The molecule has 0 aliphatic carbocycles. The highest BCUT2D eigenvalue weighted by Crippen LogP contribution is 2.14. The maximum atomic E-state index is 11.9. The summed E-state index contributed by atoms with van der Waals surface area (Å²) >= 11 is 3.36. The van der Waals surface area contributed by atoms with Crippen LogP contribution in [0.5, 0.6) is 0 Å². The fourth-order valence-electron chi connectivity index (χ4n) is 3.18. The van der Waals surface area contributed by atoms with Crippen molar-refractivity contribution >= 4 is 27.9 Å². The predicted molar refractivity (Wildman–Crippen MR) is 151 cm³/mol. The van der Waals surface area contributed by atoms with Crippen LogP contribution < -0.4 is 5.73 Å². The highest BCUT2D eigenvalue weighted by Gasteiger charge is 2.26. The lowest BCUT2D eigenvalue weighted by molar-refractivity contribution is -0.149. The van der Waals surface area contributed by atoms with Gasteiger partial charge in [0.15, 0.2) is 0 Å². The summed E-state index contributed by atoms with van der Waals surface area (Å²) in [5.74, 6) is -1.01. The number of halogens is 1. The highest BCUT2D eigenvalue weighted by atomic mass is 79.9. The molecular weight excluding hydrogens is 552 g/mol. The van der Waals surface area contributed by atoms with Crippen LogP contribution in [-0.4, -0.2) is 66.6 Å². The van der Waals surface area contributed by atoms with Crippen molar-refractivity contribution in [2.24, 2.45) is 5.73 Å². The summed E-state index contributed by atoms with van der Waals surface area (Å²) in [6.45, 7) is 0.491. The molecule has 0 amide bonds. The summed E-state index contributed by atoms with van der Waals surface area (Å²) in [7, 11) is 2.56. The average Bonchev–Trinajstić information content (AvgIpc) is 2.98. The Hall–Kier alpha value is -3.08. The van der Waals surface area contributed by atoms with Crippen molar-refractivity contribution in [3.05, 3.63) is 108 Å². The first-order chi connectivity index (χ1) is 18.4. The van der Waals surface area contributed by atoms with Crippen LogP contribution >= 0.6 is 15.9 Å². The molecule has 9 heteroatoms. The van der Waals surface area contributed by atoms with E-state index in [0.29, 0.717) is 13.1 Å². The lowest BCUT2D eigenvalue weighted by atomic mass is 10.1. The van der Waals surface area contributed by atoms with E-state index in [1.807, 2.05) is 83.8 Å². The Morgan fingerprint density at radius 3 is 1.39 bits per heavy atom. The molecule has 4 N–H and O–H groups in total. The Kier molecular flexibility index (Phi) is 17.3. The predicted octanol–water partition coefficient (Wildman–Crippen LogP) is 3.28. The van der Waals surface area contributed by atoms with Gasteiger partial charge in [-0.05, 0) is 16.7 Å². The van der Waals surface area contributed by atoms with Crippen molar-refractivity contribution in [3.8, 4) is 0 Å². The zero-order valence-corrected chi connectivity index (χ0v) is 23.4. The minimum Gasteiger partial charge on any atom is -0.468 e. The van der Waals surface area contributed by atoms with Crippen molar-refractivity contribution in [1.29, 1.82) is 0 Å². The number of rotatable bonds is 10. The molecule has 3 aromatic carbocycles. The van der Waals surface area contributed by atoms with Crippen molar-refractivity contribution in [3.63, 3.8) is 0 Å². The summed E-state index contributed by atoms with van der Waals surface area (Å²) in [5.41, 5.74) is 8.50. The Morgan fingerprint density at radius 2 is 1.13 bits per heavy atom. The first-order valence-corrected chi connectivity index (χ1v) is 13.1. The summed E-state index contributed by atoms with van der Waals surface area (Å²) in [4.78, 5) is 24.1. The SMILES string of the molecule is BrCc1ccccc1.COC(=O)[C@@H](CO)N(Cc1ccccc1)Cc1ccccc1.COC(=O)[C@H](N)CO. The van der Waals surface area contributed by atoms with E-state index in [-0.39, 0.29) is 13.2 Å². The second-order valence-corrected chi connectivity index (χ2v) is 8.59. The monoisotopic (exact) mass is 588 g/mol. The van der Waals surface area contributed by atoms with Crippen LogP contribution in [0.2, 0.25) is 0 Å². The normalized spacial score (nSPS) is 11.7. The molecule has 0 radical (unpaired) electrons. The molecule has 0 unspecified atom stereocenters. The molecule has 0 spiro atoms. The van der Waals surface area contributed by atoms with E-state index < -0.39 is 24.0 Å². The van der Waals surface area contributed by atoms with Crippen molar-refractivity contribution < 1.29 is 29.3 Å². The highest BCUT2D eigenvalue weighted by molar-refractivity contribution is 9.08. The fraction of sp³-hybridized carbons (Fsp3) is 0.310. The molecule has 0 fully saturated rings. The molecule has 0 aliphatic rings. The number of hydrogen-bond donors (Lipinski definition) is 3. The maximum absolute atomic E-state index is 11.9. The van der Waals surface area contributed by atoms with Crippen LogP contribution in [0.3, 0.4) is 0 Å². The molecule has 206 valence electrons. The number of esters is 2. The van der Waals surface area contributed by atoms with Crippen molar-refractivity contribution in [2.75, 3.05) is 27.4 Å². The number of nitrogens with two attached hydrogens (primary N) is 1. The molecule has 0 heterocycles. The summed E-state index contributed by atoms with van der Waals surface area (Å²) < 4.78 is 9.00. The molecule has 0 bridgehead atoms. The smallest absolute Gasteiger partial charge is 0.325 e. The van der Waals surface area contributed by atoms with Crippen molar-refractivity contribution in [1.82, 2.24) is 4.90 Å². The van der Waals surface area contributed by atoms with Gasteiger partial charge >= 0.3 is 11.9 Å². The number of carbonyl (C=O) groups is 2. The topological polar surface area (TPSA) is 122 Å². The number of carbonyl (C=O) groups excluding carboxylic acids is 2. The molecule has 38 heavy (non-hydrogen) atoms. The van der Waals surface area contributed by atoms with E-state index in [4.69, 9.17) is 15.6 Å². The second kappa shape index (κ2) is 20.0. The number of hydrogen-bond acceptors (Lipinski definition) is 8. The molecule has 2 atom stereocenters. The van der Waals surface area contributed by atoms with E-state index in [9.17, 15) is 14.7 Å². The van der Waals surface area contributed by atoms with Gasteiger partial charge in [0.25, 0.3) is 0 Å². The van der Waals surface area contributed by atoms with Gasteiger partial charge in [-0.3, -0.25) is 14.5 Å². The summed E-state index contributed by atoms with van der Waals surface area (Å²) in [6, 6.07) is 28.5. The molecule has 0 saturated carbocycles. The van der Waals surface area contributed by atoms with Crippen LogP contribution in [0.1, 0.15) is 16.7 Å². The zero-order chi connectivity index (χ0) is 28.2. The fourth-order valence-corrected chi connectivity index (χ4v) is 3.55. The zero-order valence-electron chi connectivity index (χ0n) is 21.8. The van der Waals surface area contributed by atoms with Gasteiger partial charge < -0.3 is 25.4 Å². The van der Waals surface area contributed by atoms with Gasteiger partial charge in [-0.15, -0.1) is 0 Å². The van der Waals surface area contributed by atoms with E-state index in [0.717, 1.165) is 16.5 Å². The molecule has 0 aliphatic heterocycles. The number of nitrogens with zero attached hydrogens (tertiary/aromatic N) is 1. The average molecular weight is 590 g/mol.